The Morgan fingerprint density at radius 2 is 2.05 bits per heavy atom. The fourth-order valence-corrected chi connectivity index (χ4v) is 2.92. The summed E-state index contributed by atoms with van der Waals surface area (Å²) in [6.45, 7) is 1.97. The number of rotatable bonds is 3. The van der Waals surface area contributed by atoms with E-state index in [1.54, 1.807) is 6.07 Å². The van der Waals surface area contributed by atoms with Gasteiger partial charge in [0.15, 0.2) is 5.82 Å². The van der Waals surface area contributed by atoms with Crippen molar-refractivity contribution in [2.24, 2.45) is 0 Å². The third-order valence-electron chi connectivity index (χ3n) is 3.37. The van der Waals surface area contributed by atoms with E-state index in [0.717, 1.165) is 11.3 Å². The Hall–Kier alpha value is -1.58. The van der Waals surface area contributed by atoms with Gasteiger partial charge in [0.05, 0.1) is 16.2 Å². The number of imidazole rings is 1. The van der Waals surface area contributed by atoms with Crippen molar-refractivity contribution in [1.82, 2.24) is 9.55 Å². The number of aryl methyl sites for hydroxylation is 2. The quantitative estimate of drug-likeness (QED) is 0.626. The smallest absolute Gasteiger partial charge is 0.151 e. The number of hydrogen-bond acceptors (Lipinski definition) is 1. The molecule has 0 bridgehead atoms. The third-order valence-corrected chi connectivity index (χ3v) is 3.86. The minimum atomic E-state index is -0.342. The summed E-state index contributed by atoms with van der Waals surface area (Å²) in [6, 6.07) is 10.7. The van der Waals surface area contributed by atoms with Gasteiger partial charge in [0.25, 0.3) is 0 Å². The molecule has 0 saturated heterocycles. The molecular weight excluding hydrogens is 310 g/mol. The Kier molecular flexibility index (Phi) is 3.87. The summed E-state index contributed by atoms with van der Waals surface area (Å²) in [5.41, 5.74) is 2.89. The molecule has 0 aliphatic heterocycles. The molecule has 1 aromatic heterocycles. The number of nitrogens with zero attached hydrogens (tertiary/aromatic N) is 2. The van der Waals surface area contributed by atoms with Crippen molar-refractivity contribution >= 4 is 34.2 Å². The van der Waals surface area contributed by atoms with Gasteiger partial charge in [-0.1, -0.05) is 23.7 Å². The fraction of sp³-hybridized carbons (Fsp3) is 0.188. The highest BCUT2D eigenvalue weighted by Crippen LogP contribution is 2.29. The molecule has 0 atom stereocenters. The van der Waals surface area contributed by atoms with Crippen LogP contribution in [0.15, 0.2) is 36.4 Å². The van der Waals surface area contributed by atoms with E-state index >= 15 is 0 Å². The molecule has 0 aliphatic rings. The van der Waals surface area contributed by atoms with Crippen molar-refractivity contribution < 1.29 is 4.39 Å². The van der Waals surface area contributed by atoms with Gasteiger partial charge in [-0.3, -0.25) is 4.57 Å². The molecule has 0 unspecified atom stereocenters. The Balaban J connectivity index is 2.33. The number of hydrogen-bond donors (Lipinski definition) is 0. The number of alkyl halides is 1. The van der Waals surface area contributed by atoms with Crippen molar-refractivity contribution in [3.63, 3.8) is 0 Å². The second-order valence-electron chi connectivity index (χ2n) is 4.86. The first-order valence-electron chi connectivity index (χ1n) is 6.60. The largest absolute Gasteiger partial charge is 0.295 e. The lowest BCUT2D eigenvalue weighted by atomic mass is 10.2. The van der Waals surface area contributed by atoms with Gasteiger partial charge in [-0.2, -0.15) is 0 Å². The first-order chi connectivity index (χ1) is 10.1. The summed E-state index contributed by atoms with van der Waals surface area (Å²) in [4.78, 5) is 4.39. The van der Waals surface area contributed by atoms with Gasteiger partial charge < -0.3 is 0 Å². The van der Waals surface area contributed by atoms with Crippen LogP contribution in [0.5, 0.6) is 0 Å². The molecule has 0 amide bonds. The minimum absolute atomic E-state index is 0.342. The molecule has 0 saturated carbocycles. The van der Waals surface area contributed by atoms with Gasteiger partial charge in [0.2, 0.25) is 0 Å². The third kappa shape index (κ3) is 2.52. The minimum Gasteiger partial charge on any atom is -0.295 e. The molecule has 5 heteroatoms. The van der Waals surface area contributed by atoms with E-state index in [1.807, 2.05) is 35.8 Å². The monoisotopic (exact) mass is 322 g/mol. The van der Waals surface area contributed by atoms with E-state index in [-0.39, 0.29) is 5.82 Å². The van der Waals surface area contributed by atoms with Crippen LogP contribution in [0, 0.1) is 12.7 Å². The second kappa shape index (κ2) is 5.66. The summed E-state index contributed by atoms with van der Waals surface area (Å²) < 4.78 is 15.8. The maximum atomic E-state index is 14.0. The molecule has 0 radical (unpaired) electrons. The van der Waals surface area contributed by atoms with Crippen LogP contribution in [0.25, 0.3) is 16.7 Å². The molecule has 1 heterocycles. The number of para-hydroxylation sites is 1. The van der Waals surface area contributed by atoms with Crippen molar-refractivity contribution in [2.45, 2.75) is 13.3 Å². The average molecular weight is 323 g/mol. The van der Waals surface area contributed by atoms with E-state index in [0.29, 0.717) is 34.2 Å². The molecule has 21 heavy (non-hydrogen) atoms. The highest BCUT2D eigenvalue weighted by Gasteiger charge is 2.16. The molecule has 0 spiro atoms. The molecule has 2 aromatic carbocycles. The zero-order valence-corrected chi connectivity index (χ0v) is 12.9. The number of aromatic nitrogens is 2. The van der Waals surface area contributed by atoms with Gasteiger partial charge in [-0.25, -0.2) is 9.37 Å². The number of halogens is 3. The molecule has 3 aromatic rings. The summed E-state index contributed by atoms with van der Waals surface area (Å²) >= 11 is 12.2. The van der Waals surface area contributed by atoms with Gasteiger partial charge in [-0.05, 0) is 36.8 Å². The Morgan fingerprint density at radius 1 is 1.24 bits per heavy atom. The standard InChI is InChI=1S/C16H13Cl2FN2/c1-10-5-6-13(11(18)9-10)21-14-4-2-3-12(19)16(14)20-15(21)7-8-17/h2-6,9H,7-8H2,1H3. The Bertz CT molecular complexity index is 811. The first-order valence-corrected chi connectivity index (χ1v) is 7.51. The lowest BCUT2D eigenvalue weighted by Crippen LogP contribution is -2.03. The molecule has 2 nitrogen and oxygen atoms in total. The van der Waals surface area contributed by atoms with Crippen LogP contribution in [0.4, 0.5) is 4.39 Å². The second-order valence-corrected chi connectivity index (χ2v) is 5.65. The SMILES string of the molecule is Cc1ccc(-n2c(CCCl)nc3c(F)cccc32)c(Cl)c1. The lowest BCUT2D eigenvalue weighted by molar-refractivity contribution is 0.637. The van der Waals surface area contributed by atoms with Crippen molar-refractivity contribution in [1.29, 1.82) is 0 Å². The van der Waals surface area contributed by atoms with Crippen LogP contribution >= 0.6 is 23.2 Å². The highest BCUT2D eigenvalue weighted by atomic mass is 35.5. The molecule has 108 valence electrons. The van der Waals surface area contributed by atoms with E-state index in [4.69, 9.17) is 23.2 Å². The summed E-state index contributed by atoms with van der Waals surface area (Å²) in [5, 5.41) is 0.606. The topological polar surface area (TPSA) is 17.8 Å². The summed E-state index contributed by atoms with van der Waals surface area (Å²) in [7, 11) is 0. The van der Waals surface area contributed by atoms with E-state index in [1.165, 1.54) is 6.07 Å². The molecule has 0 aliphatic carbocycles. The van der Waals surface area contributed by atoms with Crippen LogP contribution in [-0.4, -0.2) is 15.4 Å². The maximum absolute atomic E-state index is 14.0. The van der Waals surface area contributed by atoms with Crippen LogP contribution in [0.1, 0.15) is 11.4 Å². The zero-order valence-electron chi connectivity index (χ0n) is 11.4. The Morgan fingerprint density at radius 3 is 2.76 bits per heavy atom. The van der Waals surface area contributed by atoms with Crippen LogP contribution in [0.3, 0.4) is 0 Å². The number of fused-ring (bicyclic) bond motifs is 1. The molecular formula is C16H13Cl2FN2. The van der Waals surface area contributed by atoms with Gasteiger partial charge in [0, 0.05) is 12.3 Å². The van der Waals surface area contributed by atoms with E-state index in [2.05, 4.69) is 4.98 Å². The first kappa shape index (κ1) is 14.4. The predicted octanol–water partition coefficient (Wildman–Crippen LogP) is 4.91. The summed E-state index contributed by atoms with van der Waals surface area (Å²) in [6.07, 6.45) is 0.542. The van der Waals surface area contributed by atoms with Crippen LogP contribution in [0.2, 0.25) is 5.02 Å². The van der Waals surface area contributed by atoms with E-state index < -0.39 is 0 Å². The normalized spacial score (nSPS) is 11.2. The van der Waals surface area contributed by atoms with Crippen LogP contribution in [-0.2, 0) is 6.42 Å². The highest BCUT2D eigenvalue weighted by molar-refractivity contribution is 6.32. The van der Waals surface area contributed by atoms with Gasteiger partial charge >= 0.3 is 0 Å². The van der Waals surface area contributed by atoms with Gasteiger partial charge in [0.1, 0.15) is 11.3 Å². The van der Waals surface area contributed by atoms with Crippen molar-refractivity contribution in [3.05, 3.63) is 58.6 Å². The molecule has 0 N–H and O–H groups in total. The van der Waals surface area contributed by atoms with Crippen molar-refractivity contribution in [3.8, 4) is 5.69 Å². The molecule has 0 fully saturated rings. The molecule has 3 rings (SSSR count). The number of benzene rings is 2. The fourth-order valence-electron chi connectivity index (χ4n) is 2.43. The maximum Gasteiger partial charge on any atom is 0.151 e. The van der Waals surface area contributed by atoms with E-state index in [9.17, 15) is 4.39 Å². The predicted molar refractivity (Wildman–Crippen MR) is 85.2 cm³/mol. The zero-order chi connectivity index (χ0) is 15.0. The Labute approximate surface area is 132 Å². The van der Waals surface area contributed by atoms with Crippen LogP contribution < -0.4 is 0 Å². The van der Waals surface area contributed by atoms with Gasteiger partial charge in [-0.15, -0.1) is 11.6 Å². The average Bonchev–Trinajstić information content (AvgIpc) is 2.79. The lowest BCUT2D eigenvalue weighted by Gasteiger charge is -2.11. The summed E-state index contributed by atoms with van der Waals surface area (Å²) in [5.74, 6) is 0.773. The van der Waals surface area contributed by atoms with Crippen molar-refractivity contribution in [2.75, 3.05) is 5.88 Å².